The van der Waals surface area contributed by atoms with Gasteiger partial charge in [-0.3, -0.25) is 4.79 Å². The minimum Gasteiger partial charge on any atom is -0.481 e. The summed E-state index contributed by atoms with van der Waals surface area (Å²) in [6.45, 7) is 2.41. The molecular weight excluding hydrogens is 235 g/mol. The summed E-state index contributed by atoms with van der Waals surface area (Å²) < 4.78 is 13.3. The first kappa shape index (κ1) is 14.0. The predicted molar refractivity (Wildman–Crippen MR) is 65.6 cm³/mol. The molecule has 0 fully saturated rings. The van der Waals surface area contributed by atoms with E-state index in [4.69, 9.17) is 10.4 Å². The number of nitriles is 1. The van der Waals surface area contributed by atoms with Gasteiger partial charge < -0.3 is 10.4 Å². The van der Waals surface area contributed by atoms with Gasteiger partial charge >= 0.3 is 5.97 Å². The third kappa shape index (κ3) is 4.06. The average Bonchev–Trinajstić information content (AvgIpc) is 2.33. The predicted octanol–water partition coefficient (Wildman–Crippen LogP) is 2.61. The maximum Gasteiger partial charge on any atom is 0.303 e. The Morgan fingerprint density at radius 3 is 2.94 bits per heavy atom. The lowest BCUT2D eigenvalue weighted by Crippen LogP contribution is -2.13. The zero-order chi connectivity index (χ0) is 13.5. The summed E-state index contributed by atoms with van der Waals surface area (Å²) in [5.41, 5.74) is 0.433. The fourth-order valence-corrected chi connectivity index (χ4v) is 1.54. The molecule has 1 unspecified atom stereocenters. The van der Waals surface area contributed by atoms with Crippen molar-refractivity contribution in [3.05, 3.63) is 29.6 Å². The molecule has 0 aliphatic carbocycles. The molecule has 0 saturated carbocycles. The summed E-state index contributed by atoms with van der Waals surface area (Å²) in [6, 6.07) is 6.20. The normalized spacial score (nSPS) is 11.6. The van der Waals surface area contributed by atoms with Crippen molar-refractivity contribution in [2.75, 3.05) is 11.9 Å². The van der Waals surface area contributed by atoms with Crippen molar-refractivity contribution >= 4 is 11.7 Å². The SMILES string of the molecule is CC(CCC(=O)O)CNc1cccc(F)c1C#N. The third-order valence-electron chi connectivity index (χ3n) is 2.62. The summed E-state index contributed by atoms with van der Waals surface area (Å²) >= 11 is 0. The van der Waals surface area contributed by atoms with Crippen LogP contribution in [0.4, 0.5) is 10.1 Å². The molecule has 0 amide bonds. The van der Waals surface area contributed by atoms with Crippen LogP contribution in [0.5, 0.6) is 0 Å². The van der Waals surface area contributed by atoms with Crippen LogP contribution in [0.3, 0.4) is 0 Å². The molecule has 0 aromatic heterocycles. The molecule has 0 radical (unpaired) electrons. The number of hydrogen-bond acceptors (Lipinski definition) is 3. The van der Waals surface area contributed by atoms with Gasteiger partial charge in [0, 0.05) is 13.0 Å². The maximum atomic E-state index is 13.3. The molecule has 4 nitrogen and oxygen atoms in total. The standard InChI is InChI=1S/C13H15FN2O2/c1-9(5-6-13(17)18)8-16-12-4-2-3-11(14)10(12)7-15/h2-4,9,16H,5-6,8H2,1H3,(H,17,18). The van der Waals surface area contributed by atoms with Crippen LogP contribution in [0.25, 0.3) is 0 Å². The van der Waals surface area contributed by atoms with E-state index >= 15 is 0 Å². The van der Waals surface area contributed by atoms with Gasteiger partial charge in [0.1, 0.15) is 17.4 Å². The fourth-order valence-electron chi connectivity index (χ4n) is 1.54. The van der Waals surface area contributed by atoms with Gasteiger partial charge in [-0.15, -0.1) is 0 Å². The van der Waals surface area contributed by atoms with Crippen LogP contribution in [0.1, 0.15) is 25.3 Å². The van der Waals surface area contributed by atoms with Crippen molar-refractivity contribution in [1.82, 2.24) is 0 Å². The van der Waals surface area contributed by atoms with Crippen molar-refractivity contribution in [2.45, 2.75) is 19.8 Å². The minimum atomic E-state index is -0.828. The first-order chi connectivity index (χ1) is 8.54. The van der Waals surface area contributed by atoms with Crippen molar-refractivity contribution < 1.29 is 14.3 Å². The molecule has 1 aromatic carbocycles. The number of benzene rings is 1. The summed E-state index contributed by atoms with van der Waals surface area (Å²) in [4.78, 5) is 10.4. The van der Waals surface area contributed by atoms with E-state index < -0.39 is 11.8 Å². The van der Waals surface area contributed by atoms with Gasteiger partial charge in [0.25, 0.3) is 0 Å². The Kier molecular flexibility index (Phi) is 5.12. The minimum absolute atomic E-state index is 0.0112. The molecule has 5 heteroatoms. The molecule has 0 aliphatic rings. The summed E-state index contributed by atoms with van der Waals surface area (Å²) in [5.74, 6) is -1.25. The van der Waals surface area contributed by atoms with Crippen LogP contribution in [0.2, 0.25) is 0 Å². The van der Waals surface area contributed by atoms with Crippen LogP contribution < -0.4 is 5.32 Å². The monoisotopic (exact) mass is 250 g/mol. The van der Waals surface area contributed by atoms with Gasteiger partial charge in [-0.1, -0.05) is 13.0 Å². The van der Waals surface area contributed by atoms with Crippen LogP contribution in [-0.4, -0.2) is 17.6 Å². The van der Waals surface area contributed by atoms with Crippen LogP contribution in [0.15, 0.2) is 18.2 Å². The highest BCUT2D eigenvalue weighted by atomic mass is 19.1. The van der Waals surface area contributed by atoms with Crippen LogP contribution in [0, 0.1) is 23.1 Å². The Labute approximate surface area is 105 Å². The molecule has 1 atom stereocenters. The number of carboxylic acids is 1. The molecule has 96 valence electrons. The van der Waals surface area contributed by atoms with Crippen molar-refractivity contribution in [3.63, 3.8) is 0 Å². The number of nitrogens with one attached hydrogen (secondary N) is 1. The van der Waals surface area contributed by atoms with Crippen molar-refractivity contribution in [1.29, 1.82) is 5.26 Å². The summed E-state index contributed by atoms with van der Waals surface area (Å²) in [6.07, 6.45) is 0.649. The Hall–Kier alpha value is -2.09. The quantitative estimate of drug-likeness (QED) is 0.814. The van der Waals surface area contributed by atoms with E-state index in [-0.39, 0.29) is 17.9 Å². The molecule has 0 bridgehead atoms. The van der Waals surface area contributed by atoms with Crippen LogP contribution in [-0.2, 0) is 4.79 Å². The molecule has 0 aliphatic heterocycles. The molecule has 1 aromatic rings. The Morgan fingerprint density at radius 2 is 2.33 bits per heavy atom. The Balaban J connectivity index is 2.56. The molecule has 2 N–H and O–H groups in total. The first-order valence-electron chi connectivity index (χ1n) is 5.69. The number of halogens is 1. The second-order valence-electron chi connectivity index (χ2n) is 4.19. The van der Waals surface area contributed by atoms with E-state index in [0.717, 1.165) is 0 Å². The Morgan fingerprint density at radius 1 is 1.61 bits per heavy atom. The smallest absolute Gasteiger partial charge is 0.303 e. The van der Waals surface area contributed by atoms with E-state index in [1.807, 2.05) is 6.92 Å². The second kappa shape index (κ2) is 6.60. The average molecular weight is 250 g/mol. The van der Waals surface area contributed by atoms with E-state index in [1.165, 1.54) is 12.1 Å². The molecule has 0 spiro atoms. The van der Waals surface area contributed by atoms with E-state index in [9.17, 15) is 9.18 Å². The van der Waals surface area contributed by atoms with Gasteiger partial charge in [0.05, 0.1) is 5.69 Å². The lowest BCUT2D eigenvalue weighted by atomic mass is 10.1. The van der Waals surface area contributed by atoms with Crippen molar-refractivity contribution in [3.8, 4) is 6.07 Å². The Bertz CT molecular complexity index is 469. The highest BCUT2D eigenvalue weighted by molar-refractivity contribution is 5.66. The van der Waals surface area contributed by atoms with Gasteiger partial charge in [0.15, 0.2) is 0 Å². The molecule has 1 rings (SSSR count). The molecule has 0 heterocycles. The largest absolute Gasteiger partial charge is 0.481 e. The molecule has 18 heavy (non-hydrogen) atoms. The van der Waals surface area contributed by atoms with Gasteiger partial charge in [-0.25, -0.2) is 4.39 Å². The maximum absolute atomic E-state index is 13.3. The number of hydrogen-bond donors (Lipinski definition) is 2. The first-order valence-corrected chi connectivity index (χ1v) is 5.69. The number of carboxylic acid groups (broad SMARTS) is 1. The third-order valence-corrected chi connectivity index (χ3v) is 2.62. The lowest BCUT2D eigenvalue weighted by Gasteiger charge is -2.13. The van der Waals surface area contributed by atoms with Gasteiger partial charge in [-0.2, -0.15) is 5.26 Å². The zero-order valence-corrected chi connectivity index (χ0v) is 10.1. The number of rotatable bonds is 6. The summed E-state index contributed by atoms with van der Waals surface area (Å²) in [5, 5.41) is 20.4. The number of nitrogens with zero attached hydrogens (tertiary/aromatic N) is 1. The second-order valence-corrected chi connectivity index (χ2v) is 4.19. The zero-order valence-electron chi connectivity index (χ0n) is 10.1. The lowest BCUT2D eigenvalue weighted by molar-refractivity contribution is -0.137. The fraction of sp³-hybridized carbons (Fsp3) is 0.385. The highest BCUT2D eigenvalue weighted by Crippen LogP contribution is 2.18. The van der Waals surface area contributed by atoms with Crippen molar-refractivity contribution in [2.24, 2.45) is 5.92 Å². The van der Waals surface area contributed by atoms with Gasteiger partial charge in [0.2, 0.25) is 0 Å². The van der Waals surface area contributed by atoms with E-state index in [0.29, 0.717) is 18.7 Å². The van der Waals surface area contributed by atoms with Crippen LogP contribution >= 0.6 is 0 Å². The van der Waals surface area contributed by atoms with E-state index in [2.05, 4.69) is 5.32 Å². The number of aliphatic carboxylic acids is 1. The summed E-state index contributed by atoms with van der Waals surface area (Å²) in [7, 11) is 0. The number of carbonyl (C=O) groups is 1. The van der Waals surface area contributed by atoms with E-state index in [1.54, 1.807) is 12.1 Å². The topological polar surface area (TPSA) is 73.1 Å². The number of anilines is 1. The molecular formula is C13H15FN2O2. The molecule has 0 saturated heterocycles. The van der Waals surface area contributed by atoms with Gasteiger partial charge in [-0.05, 0) is 24.5 Å². The highest BCUT2D eigenvalue weighted by Gasteiger charge is 2.09.